The van der Waals surface area contributed by atoms with Gasteiger partial charge in [-0.25, -0.2) is 0 Å². The lowest BCUT2D eigenvalue weighted by Gasteiger charge is -2.45. The van der Waals surface area contributed by atoms with E-state index in [1.54, 1.807) is 13.4 Å². The van der Waals surface area contributed by atoms with Gasteiger partial charge >= 0.3 is 6.18 Å². The zero-order chi connectivity index (χ0) is 24.9. The van der Waals surface area contributed by atoms with Crippen LogP contribution in [-0.2, 0) is 21.2 Å². The van der Waals surface area contributed by atoms with Gasteiger partial charge < -0.3 is 24.4 Å². The molecule has 1 saturated heterocycles. The first-order valence-electron chi connectivity index (χ1n) is 10.6. The van der Waals surface area contributed by atoms with Crippen molar-refractivity contribution in [3.63, 3.8) is 0 Å². The van der Waals surface area contributed by atoms with Crippen LogP contribution in [0, 0.1) is 0 Å². The van der Waals surface area contributed by atoms with E-state index in [0.29, 0.717) is 19.5 Å². The number of halogens is 3. The van der Waals surface area contributed by atoms with Gasteiger partial charge in [-0.15, -0.1) is 11.8 Å². The first-order chi connectivity index (χ1) is 16.1. The van der Waals surface area contributed by atoms with Gasteiger partial charge in [-0.3, -0.25) is 4.79 Å². The fourth-order valence-electron chi connectivity index (χ4n) is 4.37. The van der Waals surface area contributed by atoms with Crippen LogP contribution in [-0.4, -0.2) is 64.3 Å². The van der Waals surface area contributed by atoms with Gasteiger partial charge in [0.15, 0.2) is 0 Å². The molecular weight excluding hydrogens is 469 g/mol. The number of carbonyl (C=O) groups excluding carboxylic acids is 1. The highest BCUT2D eigenvalue weighted by atomic mass is 32.2. The Morgan fingerprint density at radius 3 is 2.53 bits per heavy atom. The quantitative estimate of drug-likeness (QED) is 0.431. The maximum Gasteiger partial charge on any atom is 0.416 e. The molecule has 1 aliphatic rings. The minimum absolute atomic E-state index is 0.0703. The van der Waals surface area contributed by atoms with Crippen molar-refractivity contribution >= 4 is 17.7 Å². The smallest absolute Gasteiger partial charge is 0.416 e. The molecule has 34 heavy (non-hydrogen) atoms. The minimum atomic E-state index is -4.56. The molecule has 6 nitrogen and oxygen atoms in total. The highest BCUT2D eigenvalue weighted by Crippen LogP contribution is 2.39. The van der Waals surface area contributed by atoms with E-state index in [4.69, 9.17) is 14.2 Å². The van der Waals surface area contributed by atoms with Crippen LogP contribution in [0.5, 0.6) is 5.75 Å². The Hall–Kier alpha value is -2.27. The van der Waals surface area contributed by atoms with Crippen LogP contribution < -0.4 is 10.1 Å². The third kappa shape index (κ3) is 5.86. The van der Waals surface area contributed by atoms with E-state index in [0.717, 1.165) is 29.5 Å². The SMILES string of the molecule is COCO[C@H]1CN(C)C[C@](NC(=O)c2c(OC)cc(C(F)(F)F)cc2SC)(c2ccccc2)C1. The van der Waals surface area contributed by atoms with Crippen molar-refractivity contribution in [3.05, 3.63) is 59.2 Å². The zero-order valence-electron chi connectivity index (χ0n) is 19.6. The molecule has 186 valence electrons. The Bertz CT molecular complexity index is 965. The van der Waals surface area contributed by atoms with Crippen LogP contribution in [0.25, 0.3) is 0 Å². The van der Waals surface area contributed by atoms with E-state index in [-0.39, 0.29) is 29.1 Å². The van der Waals surface area contributed by atoms with Crippen LogP contribution in [0.4, 0.5) is 13.2 Å². The van der Waals surface area contributed by atoms with Crippen molar-refractivity contribution in [2.24, 2.45) is 0 Å². The molecule has 0 spiro atoms. The van der Waals surface area contributed by atoms with Crippen LogP contribution >= 0.6 is 11.8 Å². The summed E-state index contributed by atoms with van der Waals surface area (Å²) in [6, 6.07) is 11.3. The van der Waals surface area contributed by atoms with Gasteiger partial charge in [-0.05, 0) is 31.0 Å². The second kappa shape index (κ2) is 11.0. The molecule has 2 aromatic carbocycles. The zero-order valence-corrected chi connectivity index (χ0v) is 20.4. The summed E-state index contributed by atoms with van der Waals surface area (Å²) in [4.78, 5) is 15.9. The van der Waals surface area contributed by atoms with Gasteiger partial charge in [-0.2, -0.15) is 13.2 Å². The number of thioether (sulfide) groups is 1. The molecule has 0 radical (unpaired) electrons. The number of likely N-dealkylation sites (N-methyl/N-ethyl adjacent to an activating group) is 1. The van der Waals surface area contributed by atoms with Crippen LogP contribution in [0.15, 0.2) is 47.4 Å². The van der Waals surface area contributed by atoms with Gasteiger partial charge in [0.25, 0.3) is 5.91 Å². The summed E-state index contributed by atoms with van der Waals surface area (Å²) >= 11 is 1.06. The first kappa shape index (κ1) is 26.3. The summed E-state index contributed by atoms with van der Waals surface area (Å²) in [6.45, 7) is 1.25. The Labute approximate surface area is 201 Å². The third-order valence-electron chi connectivity index (χ3n) is 5.79. The average molecular weight is 499 g/mol. The lowest BCUT2D eigenvalue weighted by Crippen LogP contribution is -2.59. The number of amides is 1. The number of nitrogens with zero attached hydrogens (tertiary/aromatic N) is 1. The third-order valence-corrected chi connectivity index (χ3v) is 6.55. The summed E-state index contributed by atoms with van der Waals surface area (Å²) in [5.41, 5.74) is -0.764. The fraction of sp³-hybridized carbons (Fsp3) is 0.458. The molecular formula is C24H29F3N2O4S. The number of alkyl halides is 3. The molecule has 2 aromatic rings. The monoisotopic (exact) mass is 498 g/mol. The van der Waals surface area contributed by atoms with Crippen LogP contribution in [0.3, 0.4) is 0 Å². The molecule has 2 atom stereocenters. The highest BCUT2D eigenvalue weighted by molar-refractivity contribution is 7.98. The molecule has 1 heterocycles. The van der Waals surface area contributed by atoms with Gasteiger partial charge in [-0.1, -0.05) is 30.3 Å². The van der Waals surface area contributed by atoms with E-state index in [1.165, 1.54) is 7.11 Å². The lowest BCUT2D eigenvalue weighted by molar-refractivity contribution is -0.137. The van der Waals surface area contributed by atoms with Gasteiger partial charge in [0, 0.05) is 31.5 Å². The predicted octanol–water partition coefficient (Wildman–Crippen LogP) is 4.39. The molecule has 1 amide bonds. The van der Waals surface area contributed by atoms with Crippen molar-refractivity contribution in [2.75, 3.05) is 47.4 Å². The van der Waals surface area contributed by atoms with E-state index in [9.17, 15) is 18.0 Å². The molecule has 1 aliphatic heterocycles. The van der Waals surface area contributed by atoms with Crippen molar-refractivity contribution in [2.45, 2.75) is 29.1 Å². The average Bonchev–Trinajstić information content (AvgIpc) is 2.81. The van der Waals surface area contributed by atoms with Crippen molar-refractivity contribution in [3.8, 4) is 5.75 Å². The van der Waals surface area contributed by atoms with Crippen molar-refractivity contribution in [1.82, 2.24) is 10.2 Å². The Kier molecular flexibility index (Phi) is 8.51. The standard InChI is InChI=1S/C24H29F3N2O4S/c1-29-13-18(33-15-31-2)12-23(14-29,16-8-6-5-7-9-16)28-22(30)21-19(32-3)10-17(24(25,26)27)11-20(21)34-4/h5-11,18H,12-15H2,1-4H3,(H,28,30)/t18-,23+/m1/s1. The number of likely N-dealkylation sites (tertiary alicyclic amines) is 1. The number of carbonyl (C=O) groups is 1. The van der Waals surface area contributed by atoms with Gasteiger partial charge in [0.1, 0.15) is 12.5 Å². The summed E-state index contributed by atoms with van der Waals surface area (Å²) in [5.74, 6) is -0.643. The largest absolute Gasteiger partial charge is 0.496 e. The van der Waals surface area contributed by atoms with Crippen LogP contribution in [0.1, 0.15) is 27.9 Å². The molecule has 0 unspecified atom stereocenters. The van der Waals surface area contributed by atoms with Gasteiger partial charge in [0.05, 0.1) is 29.9 Å². The Morgan fingerprint density at radius 1 is 1.24 bits per heavy atom. The molecule has 0 saturated carbocycles. The van der Waals surface area contributed by atoms with Gasteiger partial charge in [0.2, 0.25) is 0 Å². The first-order valence-corrected chi connectivity index (χ1v) is 11.9. The normalized spacial score (nSPS) is 21.3. The molecule has 10 heteroatoms. The summed E-state index contributed by atoms with van der Waals surface area (Å²) in [7, 11) is 4.73. The number of methoxy groups -OCH3 is 2. The van der Waals surface area contributed by atoms with Crippen molar-refractivity contribution in [1.29, 1.82) is 0 Å². The number of hydrogen-bond donors (Lipinski definition) is 1. The number of rotatable bonds is 8. The highest BCUT2D eigenvalue weighted by Gasteiger charge is 2.43. The maximum absolute atomic E-state index is 13.7. The molecule has 3 rings (SSSR count). The topological polar surface area (TPSA) is 60.0 Å². The number of piperidine rings is 1. The summed E-state index contributed by atoms with van der Waals surface area (Å²) in [6.07, 6.45) is -2.69. The van der Waals surface area contributed by atoms with Crippen molar-refractivity contribution < 1.29 is 32.2 Å². The molecule has 1 N–H and O–H groups in total. The lowest BCUT2D eigenvalue weighted by atomic mass is 9.80. The second-order valence-electron chi connectivity index (χ2n) is 8.25. The van der Waals surface area contributed by atoms with E-state index >= 15 is 0 Å². The fourth-order valence-corrected chi connectivity index (χ4v) is 5.02. The van der Waals surface area contributed by atoms with E-state index in [1.807, 2.05) is 37.4 Å². The van der Waals surface area contributed by atoms with Crippen LogP contribution in [0.2, 0.25) is 0 Å². The number of benzene rings is 2. The maximum atomic E-state index is 13.7. The molecule has 0 aromatic heterocycles. The molecule has 0 aliphatic carbocycles. The van der Waals surface area contributed by atoms with E-state index < -0.39 is 23.2 Å². The summed E-state index contributed by atoms with van der Waals surface area (Å²) < 4.78 is 56.4. The number of nitrogens with one attached hydrogen (secondary N) is 1. The summed E-state index contributed by atoms with van der Waals surface area (Å²) in [5, 5.41) is 3.13. The second-order valence-corrected chi connectivity index (χ2v) is 9.10. The Balaban J connectivity index is 2.05. The predicted molar refractivity (Wildman–Crippen MR) is 124 cm³/mol. The number of ether oxygens (including phenoxy) is 3. The number of hydrogen-bond acceptors (Lipinski definition) is 6. The minimum Gasteiger partial charge on any atom is -0.496 e. The molecule has 1 fully saturated rings. The molecule has 0 bridgehead atoms. The Morgan fingerprint density at radius 2 is 1.94 bits per heavy atom. The van der Waals surface area contributed by atoms with E-state index in [2.05, 4.69) is 10.2 Å².